The van der Waals surface area contributed by atoms with Gasteiger partial charge < -0.3 is 15.4 Å². The van der Waals surface area contributed by atoms with Crippen LogP contribution in [0.5, 0.6) is 0 Å². The molecule has 2 aliphatic rings. The van der Waals surface area contributed by atoms with E-state index in [9.17, 15) is 19.2 Å². The van der Waals surface area contributed by atoms with Crippen LogP contribution in [0.15, 0.2) is 0 Å². The van der Waals surface area contributed by atoms with Gasteiger partial charge in [-0.2, -0.15) is 0 Å². The van der Waals surface area contributed by atoms with Gasteiger partial charge in [0.2, 0.25) is 0 Å². The lowest BCUT2D eigenvalue weighted by molar-refractivity contribution is -0.151. The van der Waals surface area contributed by atoms with Crippen LogP contribution in [0.3, 0.4) is 0 Å². The van der Waals surface area contributed by atoms with Gasteiger partial charge in [-0.15, -0.1) is 0 Å². The van der Waals surface area contributed by atoms with Crippen LogP contribution in [0.1, 0.15) is 59.3 Å². The van der Waals surface area contributed by atoms with Crippen LogP contribution < -0.4 is 10.6 Å². The fourth-order valence-corrected chi connectivity index (χ4v) is 3.43. The molecule has 0 unspecified atom stereocenters. The second kappa shape index (κ2) is 8.51. The lowest BCUT2D eigenvalue weighted by atomic mass is 9.98. The number of nitrogens with one attached hydrogen (secondary N) is 2. The molecule has 1 spiro atoms. The molecule has 0 aromatic heterocycles. The first-order chi connectivity index (χ1) is 12.2. The predicted molar refractivity (Wildman–Crippen MR) is 94.1 cm³/mol. The number of nitrogens with zero attached hydrogens (tertiary/aromatic N) is 1. The SMILES string of the molecule is CC(C)CC[C@@H](C)NC(=O)COC(=O)CN1C(=O)NC2(CCCC2)C1=O. The molecule has 1 atom stereocenters. The first-order valence-corrected chi connectivity index (χ1v) is 9.32. The van der Waals surface area contributed by atoms with E-state index >= 15 is 0 Å². The Morgan fingerprint density at radius 1 is 1.19 bits per heavy atom. The lowest BCUT2D eigenvalue weighted by Crippen LogP contribution is -2.44. The minimum atomic E-state index is -0.847. The zero-order chi connectivity index (χ0) is 19.3. The van der Waals surface area contributed by atoms with Gasteiger partial charge in [0.05, 0.1) is 0 Å². The highest BCUT2D eigenvalue weighted by molar-refractivity contribution is 6.08. The number of amides is 4. The third-order valence-corrected chi connectivity index (χ3v) is 4.94. The third kappa shape index (κ3) is 4.95. The van der Waals surface area contributed by atoms with Crippen molar-refractivity contribution in [3.05, 3.63) is 0 Å². The summed E-state index contributed by atoms with van der Waals surface area (Å²) < 4.78 is 4.92. The largest absolute Gasteiger partial charge is 0.454 e. The molecule has 1 aliphatic carbocycles. The molecule has 1 saturated heterocycles. The van der Waals surface area contributed by atoms with Crippen molar-refractivity contribution in [2.75, 3.05) is 13.2 Å². The minimum absolute atomic E-state index is 0.00300. The van der Waals surface area contributed by atoms with E-state index in [4.69, 9.17) is 4.74 Å². The zero-order valence-corrected chi connectivity index (χ0v) is 15.8. The Bertz CT molecular complexity index is 569. The Balaban J connectivity index is 1.74. The van der Waals surface area contributed by atoms with E-state index in [2.05, 4.69) is 24.5 Å². The summed E-state index contributed by atoms with van der Waals surface area (Å²) in [7, 11) is 0. The van der Waals surface area contributed by atoms with Crippen molar-refractivity contribution in [1.82, 2.24) is 15.5 Å². The third-order valence-electron chi connectivity index (χ3n) is 4.94. The summed E-state index contributed by atoms with van der Waals surface area (Å²) in [6, 6.07) is -0.572. The molecule has 1 aliphatic heterocycles. The maximum absolute atomic E-state index is 12.4. The van der Waals surface area contributed by atoms with Crippen molar-refractivity contribution < 1.29 is 23.9 Å². The summed E-state index contributed by atoms with van der Waals surface area (Å²) in [4.78, 5) is 49.1. The Labute approximate surface area is 154 Å². The molecule has 2 rings (SSSR count). The Morgan fingerprint density at radius 3 is 2.46 bits per heavy atom. The van der Waals surface area contributed by atoms with Gasteiger partial charge in [0.25, 0.3) is 11.8 Å². The van der Waals surface area contributed by atoms with Crippen LogP contribution in [-0.4, -0.2) is 53.4 Å². The summed E-state index contributed by atoms with van der Waals surface area (Å²) in [5, 5.41) is 5.46. The first kappa shape index (κ1) is 20.2. The normalized spacial score (nSPS) is 19.8. The number of rotatable bonds is 8. The van der Waals surface area contributed by atoms with E-state index in [1.165, 1.54) is 0 Å². The van der Waals surface area contributed by atoms with Crippen LogP contribution in [0.4, 0.5) is 4.79 Å². The van der Waals surface area contributed by atoms with Crippen LogP contribution in [-0.2, 0) is 19.1 Å². The number of ether oxygens (including phenoxy) is 1. The van der Waals surface area contributed by atoms with E-state index in [0.717, 1.165) is 30.6 Å². The number of imide groups is 1. The van der Waals surface area contributed by atoms with Crippen molar-refractivity contribution in [2.24, 2.45) is 5.92 Å². The summed E-state index contributed by atoms with van der Waals surface area (Å²) in [5.74, 6) is -0.976. The smallest absolute Gasteiger partial charge is 0.326 e. The minimum Gasteiger partial charge on any atom is -0.454 e. The Hall–Kier alpha value is -2.12. The molecular weight excluding hydrogens is 338 g/mol. The Morgan fingerprint density at radius 2 is 1.85 bits per heavy atom. The molecule has 1 saturated carbocycles. The van der Waals surface area contributed by atoms with E-state index < -0.39 is 30.7 Å². The molecule has 2 N–H and O–H groups in total. The number of hydrogen-bond donors (Lipinski definition) is 2. The van der Waals surface area contributed by atoms with E-state index in [-0.39, 0.29) is 17.9 Å². The molecule has 0 bridgehead atoms. The molecule has 8 nitrogen and oxygen atoms in total. The number of esters is 1. The second-order valence-electron chi connectivity index (χ2n) is 7.71. The molecule has 0 radical (unpaired) electrons. The highest BCUT2D eigenvalue weighted by atomic mass is 16.5. The molecule has 26 heavy (non-hydrogen) atoms. The van der Waals surface area contributed by atoms with Crippen molar-refractivity contribution in [3.63, 3.8) is 0 Å². The lowest BCUT2D eigenvalue weighted by Gasteiger charge is -2.19. The maximum atomic E-state index is 12.4. The van der Waals surface area contributed by atoms with Crippen molar-refractivity contribution >= 4 is 23.8 Å². The highest BCUT2D eigenvalue weighted by Crippen LogP contribution is 2.34. The first-order valence-electron chi connectivity index (χ1n) is 9.32. The predicted octanol–water partition coefficient (Wildman–Crippen LogP) is 1.34. The van der Waals surface area contributed by atoms with Crippen LogP contribution >= 0.6 is 0 Å². The van der Waals surface area contributed by atoms with Gasteiger partial charge in [0.1, 0.15) is 12.1 Å². The number of carbonyl (C=O) groups excluding carboxylic acids is 4. The van der Waals surface area contributed by atoms with Crippen molar-refractivity contribution in [1.29, 1.82) is 0 Å². The standard InChI is InChI=1S/C18H29N3O5/c1-12(2)6-7-13(3)19-14(22)11-26-15(23)10-21-16(24)18(20-17(21)25)8-4-5-9-18/h12-13H,4-11H2,1-3H3,(H,19,22)(H,20,25)/t13-/m1/s1. The monoisotopic (exact) mass is 367 g/mol. The van der Waals surface area contributed by atoms with Crippen molar-refractivity contribution in [3.8, 4) is 0 Å². The summed E-state index contributed by atoms with van der Waals surface area (Å²) >= 11 is 0. The average Bonchev–Trinajstić information content (AvgIpc) is 3.12. The van der Waals surface area contributed by atoms with Gasteiger partial charge in [-0.3, -0.25) is 19.3 Å². The van der Waals surface area contributed by atoms with Crippen LogP contribution in [0, 0.1) is 5.92 Å². The van der Waals surface area contributed by atoms with Gasteiger partial charge >= 0.3 is 12.0 Å². The number of carbonyl (C=O) groups is 4. The topological polar surface area (TPSA) is 105 Å². The fourth-order valence-electron chi connectivity index (χ4n) is 3.43. The summed E-state index contributed by atoms with van der Waals surface area (Å²) in [6.07, 6.45) is 4.79. The summed E-state index contributed by atoms with van der Waals surface area (Å²) in [5.41, 5.74) is -0.847. The van der Waals surface area contributed by atoms with Gasteiger partial charge in [0.15, 0.2) is 6.61 Å². The Kier molecular flexibility index (Phi) is 6.61. The molecule has 2 fully saturated rings. The molecule has 146 valence electrons. The van der Waals surface area contributed by atoms with E-state index in [1.807, 2.05) is 6.92 Å². The van der Waals surface area contributed by atoms with Gasteiger partial charge in [-0.25, -0.2) is 4.79 Å². The zero-order valence-electron chi connectivity index (χ0n) is 15.8. The molecule has 0 aromatic carbocycles. The highest BCUT2D eigenvalue weighted by Gasteiger charge is 2.52. The number of urea groups is 1. The molecule has 0 aromatic rings. The van der Waals surface area contributed by atoms with Gasteiger partial charge in [-0.1, -0.05) is 26.7 Å². The second-order valence-corrected chi connectivity index (χ2v) is 7.71. The van der Waals surface area contributed by atoms with Crippen molar-refractivity contribution in [2.45, 2.75) is 70.9 Å². The maximum Gasteiger partial charge on any atom is 0.326 e. The molecule has 1 heterocycles. The quantitative estimate of drug-likeness (QED) is 0.497. The van der Waals surface area contributed by atoms with Crippen LogP contribution in [0.2, 0.25) is 0 Å². The van der Waals surface area contributed by atoms with Crippen LogP contribution in [0.25, 0.3) is 0 Å². The van der Waals surface area contributed by atoms with Gasteiger partial charge in [0, 0.05) is 6.04 Å². The average molecular weight is 367 g/mol. The molecule has 4 amide bonds. The fraction of sp³-hybridized carbons (Fsp3) is 0.778. The van der Waals surface area contributed by atoms with E-state index in [0.29, 0.717) is 18.8 Å². The summed E-state index contributed by atoms with van der Waals surface area (Å²) in [6.45, 7) is 5.24. The molecule has 8 heteroatoms. The number of hydrogen-bond acceptors (Lipinski definition) is 5. The van der Waals surface area contributed by atoms with E-state index in [1.54, 1.807) is 0 Å². The molecular formula is C18H29N3O5. The van der Waals surface area contributed by atoms with Gasteiger partial charge in [-0.05, 0) is 38.5 Å².